The lowest BCUT2D eigenvalue weighted by Crippen LogP contribution is -2.55. The molecule has 2 rings (SSSR count). The monoisotopic (exact) mass is 344 g/mol. The van der Waals surface area contributed by atoms with Gasteiger partial charge in [0, 0.05) is 6.54 Å². The van der Waals surface area contributed by atoms with Crippen LogP contribution >= 0.6 is 12.4 Å². The number of amides is 1. The van der Waals surface area contributed by atoms with Gasteiger partial charge in [-0.15, -0.1) is 12.4 Å². The molecule has 7 heteroatoms. The van der Waals surface area contributed by atoms with Crippen molar-refractivity contribution in [2.75, 3.05) is 27.4 Å². The van der Waals surface area contributed by atoms with Gasteiger partial charge in [0.1, 0.15) is 6.04 Å². The summed E-state index contributed by atoms with van der Waals surface area (Å²) >= 11 is 0. The Morgan fingerprint density at radius 2 is 2.04 bits per heavy atom. The third-order valence-electron chi connectivity index (χ3n) is 3.87. The fourth-order valence-electron chi connectivity index (χ4n) is 2.54. The number of carbonyl (C=O) groups excluding carboxylic acids is 1. The summed E-state index contributed by atoms with van der Waals surface area (Å²) in [5.41, 5.74) is 0.954. The number of halogens is 1. The second-order valence-corrected chi connectivity index (χ2v) is 5.35. The van der Waals surface area contributed by atoms with Gasteiger partial charge in [0.05, 0.1) is 33.0 Å². The van der Waals surface area contributed by atoms with E-state index in [0.717, 1.165) is 5.56 Å². The molecule has 0 aliphatic carbocycles. The van der Waals surface area contributed by atoms with Crippen molar-refractivity contribution in [2.24, 2.45) is 0 Å². The minimum atomic E-state index is -0.323. The summed E-state index contributed by atoms with van der Waals surface area (Å²) in [7, 11) is 3.19. The maximum atomic E-state index is 12.4. The lowest BCUT2D eigenvalue weighted by atomic mass is 10.1. The van der Waals surface area contributed by atoms with Gasteiger partial charge in [-0.3, -0.25) is 4.79 Å². The summed E-state index contributed by atoms with van der Waals surface area (Å²) < 4.78 is 16.0. The number of ether oxygens (including phenoxy) is 3. The lowest BCUT2D eigenvalue weighted by Gasteiger charge is -2.30. The van der Waals surface area contributed by atoms with Crippen LogP contribution < -0.4 is 20.1 Å². The molecule has 1 aliphatic heterocycles. The molecule has 2 N–H and O–H groups in total. The molecule has 1 aromatic carbocycles. The first-order valence-electron chi connectivity index (χ1n) is 7.44. The molecule has 1 saturated heterocycles. The normalized spacial score (nSPS) is 21.7. The predicted molar refractivity (Wildman–Crippen MR) is 90.6 cm³/mol. The molecule has 0 saturated carbocycles. The summed E-state index contributed by atoms with van der Waals surface area (Å²) in [6, 6.07) is 5.17. The largest absolute Gasteiger partial charge is 0.493 e. The average molecular weight is 345 g/mol. The Morgan fingerprint density at radius 3 is 2.65 bits per heavy atom. The highest BCUT2D eigenvalue weighted by Gasteiger charge is 2.29. The van der Waals surface area contributed by atoms with Gasteiger partial charge in [-0.1, -0.05) is 6.07 Å². The molecule has 0 aromatic heterocycles. The fourth-order valence-corrected chi connectivity index (χ4v) is 2.54. The van der Waals surface area contributed by atoms with Crippen LogP contribution in [0.4, 0.5) is 0 Å². The summed E-state index contributed by atoms with van der Waals surface area (Å²) in [5.74, 6) is 1.25. The Labute approximate surface area is 143 Å². The average Bonchev–Trinajstić information content (AvgIpc) is 2.54. The second-order valence-electron chi connectivity index (χ2n) is 5.35. The lowest BCUT2D eigenvalue weighted by molar-refractivity contribution is -0.129. The van der Waals surface area contributed by atoms with Crippen LogP contribution in [0.3, 0.4) is 0 Å². The molecular formula is C16H25ClN2O4. The predicted octanol–water partition coefficient (Wildman–Crippen LogP) is 1.68. The SMILES string of the molecule is COc1ccc(C(C)NC(=O)[C@H]2NCCO[C@@H]2C)cc1OC.Cl. The smallest absolute Gasteiger partial charge is 0.240 e. The van der Waals surface area contributed by atoms with Crippen molar-refractivity contribution in [2.45, 2.75) is 32.0 Å². The van der Waals surface area contributed by atoms with E-state index in [1.807, 2.05) is 32.0 Å². The van der Waals surface area contributed by atoms with E-state index in [1.165, 1.54) is 0 Å². The zero-order valence-corrected chi connectivity index (χ0v) is 14.7. The van der Waals surface area contributed by atoms with Crippen molar-refractivity contribution < 1.29 is 19.0 Å². The van der Waals surface area contributed by atoms with Crippen molar-refractivity contribution in [1.29, 1.82) is 0 Å². The van der Waals surface area contributed by atoms with E-state index in [-0.39, 0.29) is 36.5 Å². The van der Waals surface area contributed by atoms with Gasteiger partial charge in [0.15, 0.2) is 11.5 Å². The molecule has 0 spiro atoms. The van der Waals surface area contributed by atoms with Crippen LogP contribution in [-0.2, 0) is 9.53 Å². The molecule has 130 valence electrons. The zero-order valence-electron chi connectivity index (χ0n) is 13.9. The zero-order chi connectivity index (χ0) is 16.1. The van der Waals surface area contributed by atoms with Crippen LogP contribution in [0.2, 0.25) is 0 Å². The Kier molecular flexibility index (Phi) is 7.61. The number of rotatable bonds is 5. The molecule has 0 radical (unpaired) electrons. The van der Waals surface area contributed by atoms with Crippen molar-refractivity contribution in [3.05, 3.63) is 23.8 Å². The number of morpholine rings is 1. The Hall–Kier alpha value is -1.50. The van der Waals surface area contributed by atoms with E-state index in [1.54, 1.807) is 14.2 Å². The number of hydrogen-bond acceptors (Lipinski definition) is 5. The van der Waals surface area contributed by atoms with E-state index in [9.17, 15) is 4.79 Å². The summed E-state index contributed by atoms with van der Waals surface area (Å²) in [6.45, 7) is 5.16. The van der Waals surface area contributed by atoms with Crippen molar-refractivity contribution in [3.63, 3.8) is 0 Å². The Bertz CT molecular complexity index is 527. The first kappa shape index (κ1) is 19.5. The number of carbonyl (C=O) groups is 1. The van der Waals surface area contributed by atoms with Gasteiger partial charge >= 0.3 is 0 Å². The van der Waals surface area contributed by atoms with Gasteiger partial charge < -0.3 is 24.8 Å². The second kappa shape index (κ2) is 8.96. The highest BCUT2D eigenvalue weighted by Crippen LogP contribution is 2.29. The third kappa shape index (κ3) is 4.73. The number of hydrogen-bond donors (Lipinski definition) is 2. The van der Waals surface area contributed by atoms with Gasteiger partial charge in [0.2, 0.25) is 5.91 Å². The van der Waals surface area contributed by atoms with E-state index < -0.39 is 0 Å². The molecular weight excluding hydrogens is 320 g/mol. The van der Waals surface area contributed by atoms with Crippen LogP contribution in [0.5, 0.6) is 11.5 Å². The molecule has 1 aromatic rings. The fraction of sp³-hybridized carbons (Fsp3) is 0.562. The molecule has 6 nitrogen and oxygen atoms in total. The van der Waals surface area contributed by atoms with E-state index in [0.29, 0.717) is 24.7 Å². The first-order chi connectivity index (χ1) is 10.6. The Morgan fingerprint density at radius 1 is 1.35 bits per heavy atom. The topological polar surface area (TPSA) is 68.8 Å². The third-order valence-corrected chi connectivity index (χ3v) is 3.87. The van der Waals surface area contributed by atoms with Crippen LogP contribution in [0.15, 0.2) is 18.2 Å². The highest BCUT2D eigenvalue weighted by atomic mass is 35.5. The standard InChI is InChI=1S/C16H24N2O4.ClH/c1-10(12-5-6-13(20-3)14(9-12)21-4)18-16(19)15-11(2)22-8-7-17-15;/h5-6,9-11,15,17H,7-8H2,1-4H3,(H,18,19);1H/t10?,11-,15+;/m1./s1. The van der Waals surface area contributed by atoms with Crippen molar-refractivity contribution in [1.82, 2.24) is 10.6 Å². The maximum absolute atomic E-state index is 12.4. The van der Waals surface area contributed by atoms with E-state index in [2.05, 4.69) is 10.6 Å². The minimum Gasteiger partial charge on any atom is -0.493 e. The number of nitrogens with one attached hydrogen (secondary N) is 2. The molecule has 1 fully saturated rings. The van der Waals surface area contributed by atoms with Crippen LogP contribution in [0, 0.1) is 0 Å². The van der Waals surface area contributed by atoms with Crippen LogP contribution in [0.1, 0.15) is 25.5 Å². The molecule has 3 atom stereocenters. The van der Waals surface area contributed by atoms with Gasteiger partial charge in [0.25, 0.3) is 0 Å². The van der Waals surface area contributed by atoms with Crippen molar-refractivity contribution in [3.8, 4) is 11.5 Å². The molecule has 23 heavy (non-hydrogen) atoms. The molecule has 1 amide bonds. The maximum Gasteiger partial charge on any atom is 0.240 e. The van der Waals surface area contributed by atoms with Crippen LogP contribution in [-0.4, -0.2) is 45.4 Å². The molecule has 1 heterocycles. The quantitative estimate of drug-likeness (QED) is 0.850. The van der Waals surface area contributed by atoms with E-state index in [4.69, 9.17) is 14.2 Å². The van der Waals surface area contributed by atoms with Gasteiger partial charge in [-0.25, -0.2) is 0 Å². The number of benzene rings is 1. The summed E-state index contributed by atoms with van der Waals surface area (Å²) in [6.07, 6.45) is -0.133. The molecule has 1 aliphatic rings. The van der Waals surface area contributed by atoms with Crippen molar-refractivity contribution >= 4 is 18.3 Å². The summed E-state index contributed by atoms with van der Waals surface area (Å²) in [4.78, 5) is 12.4. The van der Waals surface area contributed by atoms with E-state index >= 15 is 0 Å². The molecule has 1 unspecified atom stereocenters. The Balaban J connectivity index is 0.00000264. The molecule has 0 bridgehead atoms. The van der Waals surface area contributed by atoms with Gasteiger partial charge in [-0.05, 0) is 31.5 Å². The number of methoxy groups -OCH3 is 2. The first-order valence-corrected chi connectivity index (χ1v) is 7.44. The van der Waals surface area contributed by atoms with Crippen LogP contribution in [0.25, 0.3) is 0 Å². The highest BCUT2D eigenvalue weighted by molar-refractivity contribution is 5.85. The van der Waals surface area contributed by atoms with Gasteiger partial charge in [-0.2, -0.15) is 0 Å². The minimum absolute atomic E-state index is 0. The summed E-state index contributed by atoms with van der Waals surface area (Å²) in [5, 5.41) is 6.19.